The molecule has 35 heavy (non-hydrogen) atoms. The van der Waals surface area contributed by atoms with Gasteiger partial charge in [-0.3, -0.25) is 19.9 Å². The van der Waals surface area contributed by atoms with Gasteiger partial charge in [-0.1, -0.05) is 12.1 Å². The van der Waals surface area contributed by atoms with Gasteiger partial charge < -0.3 is 15.0 Å². The molecular weight excluding hydrogens is 474 g/mol. The molecule has 0 amide bonds. The van der Waals surface area contributed by atoms with Crippen LogP contribution in [0.4, 0.5) is 5.69 Å². The minimum Gasteiger partial charge on any atom is -0.495 e. The molecule has 12 heteroatoms. The largest absolute Gasteiger partial charge is 0.495 e. The van der Waals surface area contributed by atoms with Crippen LogP contribution in [0.25, 0.3) is 11.0 Å². The molecule has 1 fully saturated rings. The summed E-state index contributed by atoms with van der Waals surface area (Å²) in [5.41, 5.74) is 6.27. The van der Waals surface area contributed by atoms with Crippen LogP contribution in [0.15, 0.2) is 58.4 Å². The van der Waals surface area contributed by atoms with E-state index in [4.69, 9.17) is 10.5 Å². The van der Waals surface area contributed by atoms with Crippen molar-refractivity contribution in [3.05, 3.63) is 69.1 Å². The summed E-state index contributed by atoms with van der Waals surface area (Å²) in [7, 11) is -2.79. The highest BCUT2D eigenvalue weighted by Gasteiger charge is 2.33. The summed E-state index contributed by atoms with van der Waals surface area (Å²) in [5.74, 6) is 0.339. The lowest BCUT2D eigenvalue weighted by Crippen LogP contribution is -2.46. The predicted molar refractivity (Wildman–Crippen MR) is 130 cm³/mol. The normalized spacial score (nSPS) is 19.4. The number of nitrogens with one attached hydrogen (secondary N) is 1. The SMILES string of the molecule is COc1cnc2ccc(=O)n(CC(NS(=O)(=O)c3ccccc3[N+](=O)[O-])[C@H]3CC[C@H](N)CC3)c2c1. The maximum atomic E-state index is 13.4. The van der Waals surface area contributed by atoms with Crippen LogP contribution >= 0.6 is 0 Å². The van der Waals surface area contributed by atoms with Gasteiger partial charge in [0.1, 0.15) is 5.75 Å². The first-order chi connectivity index (χ1) is 16.7. The smallest absolute Gasteiger partial charge is 0.289 e. The summed E-state index contributed by atoms with van der Waals surface area (Å²) in [6, 6.07) is 9.18. The molecule has 11 nitrogen and oxygen atoms in total. The van der Waals surface area contributed by atoms with Gasteiger partial charge in [0.15, 0.2) is 4.90 Å². The van der Waals surface area contributed by atoms with Crippen molar-refractivity contribution in [2.45, 2.75) is 49.2 Å². The van der Waals surface area contributed by atoms with Gasteiger partial charge in [0, 0.05) is 36.8 Å². The van der Waals surface area contributed by atoms with Crippen molar-refractivity contribution >= 4 is 26.7 Å². The standard InChI is InChI=1S/C23H27N5O6S/c1-34-17-12-21-18(25-13-17)10-11-23(29)27(21)14-19(15-6-8-16(24)9-7-15)26-35(32,33)22-5-3-2-4-20(22)28(30)31/h2-5,10-13,15-16,19,26H,6-9,14,24H2,1H3/t15-,16-,19?. The number of nitro benzene ring substituents is 1. The molecule has 4 rings (SSSR count). The molecule has 0 bridgehead atoms. The van der Waals surface area contributed by atoms with E-state index in [2.05, 4.69) is 9.71 Å². The average molecular weight is 502 g/mol. The fourth-order valence-electron chi connectivity index (χ4n) is 4.57. The second-order valence-electron chi connectivity index (χ2n) is 8.69. The molecule has 1 aromatic carbocycles. The number of ether oxygens (including phenoxy) is 1. The zero-order valence-electron chi connectivity index (χ0n) is 19.2. The predicted octanol–water partition coefficient (Wildman–Crippen LogP) is 2.18. The quantitative estimate of drug-likeness (QED) is 0.351. The zero-order chi connectivity index (χ0) is 25.2. The number of nitro groups is 1. The van der Waals surface area contributed by atoms with Gasteiger partial charge in [0.25, 0.3) is 11.2 Å². The van der Waals surface area contributed by atoms with E-state index in [-0.39, 0.29) is 24.1 Å². The van der Waals surface area contributed by atoms with E-state index in [0.717, 1.165) is 6.07 Å². The Hall–Kier alpha value is -3.35. The summed E-state index contributed by atoms with van der Waals surface area (Å²) in [6.07, 6.45) is 4.29. The van der Waals surface area contributed by atoms with E-state index < -0.39 is 31.6 Å². The summed E-state index contributed by atoms with van der Waals surface area (Å²) < 4.78 is 36.1. The van der Waals surface area contributed by atoms with Gasteiger partial charge in [-0.05, 0) is 43.7 Å². The molecule has 3 aromatic rings. The van der Waals surface area contributed by atoms with E-state index in [0.29, 0.717) is 42.5 Å². The third kappa shape index (κ3) is 5.34. The maximum Gasteiger partial charge on any atom is 0.289 e. The van der Waals surface area contributed by atoms with Crippen molar-refractivity contribution in [2.24, 2.45) is 11.7 Å². The van der Waals surface area contributed by atoms with Crippen molar-refractivity contribution < 1.29 is 18.1 Å². The summed E-state index contributed by atoms with van der Waals surface area (Å²) >= 11 is 0. The first-order valence-corrected chi connectivity index (χ1v) is 12.7. The second kappa shape index (κ2) is 10.1. The van der Waals surface area contributed by atoms with E-state index in [1.165, 1.54) is 42.1 Å². The van der Waals surface area contributed by atoms with Crippen LogP contribution < -0.4 is 20.8 Å². The topological polar surface area (TPSA) is 159 Å². The Morgan fingerprint density at radius 1 is 1.23 bits per heavy atom. The average Bonchev–Trinajstić information content (AvgIpc) is 2.85. The zero-order valence-corrected chi connectivity index (χ0v) is 20.0. The molecule has 1 unspecified atom stereocenters. The second-order valence-corrected chi connectivity index (χ2v) is 10.4. The number of pyridine rings is 2. The minimum atomic E-state index is -4.28. The first-order valence-electron chi connectivity index (χ1n) is 11.2. The lowest BCUT2D eigenvalue weighted by molar-refractivity contribution is -0.387. The molecule has 1 saturated carbocycles. The number of hydrogen-bond donors (Lipinski definition) is 2. The van der Waals surface area contributed by atoms with Gasteiger partial charge in [-0.2, -0.15) is 0 Å². The summed E-state index contributed by atoms with van der Waals surface area (Å²) in [4.78, 5) is 27.5. The van der Waals surface area contributed by atoms with E-state index >= 15 is 0 Å². The highest BCUT2D eigenvalue weighted by atomic mass is 32.2. The molecule has 0 spiro atoms. The Balaban J connectivity index is 1.76. The van der Waals surface area contributed by atoms with Gasteiger partial charge in [0.05, 0.1) is 29.3 Å². The monoisotopic (exact) mass is 501 g/mol. The number of nitrogens with zero attached hydrogens (tertiary/aromatic N) is 3. The highest BCUT2D eigenvalue weighted by Crippen LogP contribution is 2.30. The Kier molecular flexibility index (Phi) is 7.15. The number of fused-ring (bicyclic) bond motifs is 1. The molecule has 1 aliphatic carbocycles. The van der Waals surface area contributed by atoms with Crippen LogP contribution in [-0.2, 0) is 16.6 Å². The van der Waals surface area contributed by atoms with Crippen LogP contribution in [-0.4, -0.2) is 42.1 Å². The van der Waals surface area contributed by atoms with Crippen molar-refractivity contribution in [3.8, 4) is 5.75 Å². The molecule has 2 heterocycles. The Labute approximate surface area is 202 Å². The minimum absolute atomic E-state index is 0.0186. The van der Waals surface area contributed by atoms with Crippen molar-refractivity contribution in [2.75, 3.05) is 7.11 Å². The number of sulfonamides is 1. The van der Waals surface area contributed by atoms with Gasteiger partial charge in [-0.15, -0.1) is 0 Å². The lowest BCUT2D eigenvalue weighted by Gasteiger charge is -2.33. The molecule has 1 aliphatic rings. The van der Waals surface area contributed by atoms with Crippen LogP contribution in [0, 0.1) is 16.0 Å². The fourth-order valence-corrected chi connectivity index (χ4v) is 6.04. The Morgan fingerprint density at radius 3 is 2.63 bits per heavy atom. The fraction of sp³-hybridized carbons (Fsp3) is 0.391. The molecular formula is C23H27N5O6S. The Morgan fingerprint density at radius 2 is 1.94 bits per heavy atom. The number of hydrogen-bond acceptors (Lipinski definition) is 8. The van der Waals surface area contributed by atoms with E-state index in [1.807, 2.05) is 0 Å². The third-order valence-electron chi connectivity index (χ3n) is 6.47. The number of nitrogens with two attached hydrogens (primary N) is 1. The van der Waals surface area contributed by atoms with Crippen LogP contribution in [0.2, 0.25) is 0 Å². The molecule has 186 valence electrons. The Bertz CT molecular complexity index is 1400. The summed E-state index contributed by atoms with van der Waals surface area (Å²) in [5, 5.41) is 11.5. The molecule has 2 aromatic heterocycles. The number of benzene rings is 1. The molecule has 0 radical (unpaired) electrons. The van der Waals surface area contributed by atoms with Gasteiger partial charge >= 0.3 is 0 Å². The molecule has 3 N–H and O–H groups in total. The first kappa shape index (κ1) is 24.8. The van der Waals surface area contributed by atoms with Gasteiger partial charge in [-0.25, -0.2) is 13.1 Å². The molecule has 1 atom stereocenters. The molecule has 0 saturated heterocycles. The van der Waals surface area contributed by atoms with Crippen molar-refractivity contribution in [1.82, 2.24) is 14.3 Å². The number of methoxy groups -OCH3 is 1. The van der Waals surface area contributed by atoms with Gasteiger partial charge in [0.2, 0.25) is 10.0 Å². The number of rotatable bonds is 8. The van der Waals surface area contributed by atoms with E-state index in [1.54, 1.807) is 12.1 Å². The highest BCUT2D eigenvalue weighted by molar-refractivity contribution is 7.89. The lowest BCUT2D eigenvalue weighted by atomic mass is 9.82. The van der Waals surface area contributed by atoms with Crippen LogP contribution in [0.3, 0.4) is 0 Å². The molecule has 0 aliphatic heterocycles. The third-order valence-corrected chi connectivity index (χ3v) is 8.01. The van der Waals surface area contributed by atoms with Crippen LogP contribution in [0.1, 0.15) is 25.7 Å². The van der Waals surface area contributed by atoms with E-state index in [9.17, 15) is 23.3 Å². The maximum absolute atomic E-state index is 13.4. The van der Waals surface area contributed by atoms with Crippen LogP contribution in [0.5, 0.6) is 5.75 Å². The summed E-state index contributed by atoms with van der Waals surface area (Å²) in [6.45, 7) is 0.0186. The van der Waals surface area contributed by atoms with Crippen molar-refractivity contribution in [1.29, 1.82) is 0 Å². The van der Waals surface area contributed by atoms with Crippen molar-refractivity contribution in [3.63, 3.8) is 0 Å². The number of aromatic nitrogens is 2. The number of para-hydroxylation sites is 1.